The van der Waals surface area contributed by atoms with Crippen molar-refractivity contribution in [3.63, 3.8) is 0 Å². The molecule has 6 heteroatoms. The largest absolute Gasteiger partial charge is 0.352 e. The summed E-state index contributed by atoms with van der Waals surface area (Å²) in [5.41, 5.74) is 1.04. The van der Waals surface area contributed by atoms with Gasteiger partial charge in [-0.3, -0.25) is 9.69 Å². The Kier molecular flexibility index (Phi) is 4.29. The highest BCUT2D eigenvalue weighted by molar-refractivity contribution is 5.83. The van der Waals surface area contributed by atoms with Crippen molar-refractivity contribution in [2.75, 3.05) is 6.54 Å². The lowest BCUT2D eigenvalue weighted by Gasteiger charge is -2.34. The third-order valence-corrected chi connectivity index (χ3v) is 4.98. The van der Waals surface area contributed by atoms with Crippen molar-refractivity contribution in [3.05, 3.63) is 47.5 Å². The number of aromatic nitrogens is 3. The minimum Gasteiger partial charge on any atom is -0.352 e. The molecule has 2 aliphatic rings. The van der Waals surface area contributed by atoms with E-state index in [-0.39, 0.29) is 11.9 Å². The first kappa shape index (κ1) is 16.3. The van der Waals surface area contributed by atoms with Crippen LogP contribution in [0.1, 0.15) is 55.9 Å². The van der Waals surface area contributed by atoms with E-state index in [0.717, 1.165) is 43.1 Å². The summed E-state index contributed by atoms with van der Waals surface area (Å²) in [5, 5.41) is 11.9. The summed E-state index contributed by atoms with van der Waals surface area (Å²) in [7, 11) is 0. The van der Waals surface area contributed by atoms with Crippen LogP contribution in [0.3, 0.4) is 0 Å². The molecule has 2 aromatic rings. The van der Waals surface area contributed by atoms with Crippen molar-refractivity contribution in [3.8, 4) is 0 Å². The average Bonchev–Trinajstić information content (AvgIpc) is 3.31. The fourth-order valence-corrected chi connectivity index (χ4v) is 3.52. The number of carbonyl (C=O) groups excluding carboxylic acids is 1. The molecule has 1 atom stereocenters. The molecule has 0 saturated heterocycles. The maximum absolute atomic E-state index is 12.9. The van der Waals surface area contributed by atoms with Crippen LogP contribution < -0.4 is 5.32 Å². The van der Waals surface area contributed by atoms with Gasteiger partial charge in [0.05, 0.1) is 6.54 Å². The van der Waals surface area contributed by atoms with Gasteiger partial charge in [0.25, 0.3) is 0 Å². The number of nitrogens with one attached hydrogen (secondary N) is 1. The zero-order valence-corrected chi connectivity index (χ0v) is 14.9. The first-order chi connectivity index (χ1) is 12.1. The van der Waals surface area contributed by atoms with Crippen LogP contribution >= 0.6 is 0 Å². The summed E-state index contributed by atoms with van der Waals surface area (Å²) < 4.78 is 2.21. The molecule has 1 unspecified atom stereocenters. The van der Waals surface area contributed by atoms with Gasteiger partial charge in [-0.25, -0.2) is 0 Å². The highest BCUT2D eigenvalue weighted by atomic mass is 16.2. The van der Waals surface area contributed by atoms with Gasteiger partial charge in [-0.2, -0.15) is 0 Å². The Morgan fingerprint density at radius 3 is 2.60 bits per heavy atom. The lowest BCUT2D eigenvalue weighted by atomic mass is 10.0. The second-order valence-corrected chi connectivity index (χ2v) is 7.35. The Hall–Kier alpha value is -2.21. The Balaban J connectivity index is 1.60. The van der Waals surface area contributed by atoms with Crippen LogP contribution in [-0.4, -0.2) is 38.2 Å². The summed E-state index contributed by atoms with van der Waals surface area (Å²) in [6.07, 6.45) is 2.19. The first-order valence-corrected chi connectivity index (χ1v) is 9.15. The molecule has 0 spiro atoms. The minimum absolute atomic E-state index is 0.103. The fourth-order valence-electron chi connectivity index (χ4n) is 3.52. The third kappa shape index (κ3) is 3.31. The SMILES string of the molecule is CC(C)c1nnc2n1CCN(C(C(=O)NC1CC1)c1ccccc1)C2. The molecule has 1 aromatic carbocycles. The van der Waals surface area contributed by atoms with Crippen molar-refractivity contribution < 1.29 is 4.79 Å². The molecule has 2 heterocycles. The van der Waals surface area contributed by atoms with Gasteiger partial charge in [-0.15, -0.1) is 10.2 Å². The van der Waals surface area contributed by atoms with E-state index in [2.05, 4.69) is 38.8 Å². The summed E-state index contributed by atoms with van der Waals surface area (Å²) >= 11 is 0. The Morgan fingerprint density at radius 1 is 1.16 bits per heavy atom. The topological polar surface area (TPSA) is 63.1 Å². The van der Waals surface area contributed by atoms with E-state index in [1.165, 1.54) is 0 Å². The van der Waals surface area contributed by atoms with Crippen LogP contribution in [0.2, 0.25) is 0 Å². The van der Waals surface area contributed by atoms with Gasteiger partial charge in [0.2, 0.25) is 5.91 Å². The van der Waals surface area contributed by atoms with E-state index < -0.39 is 0 Å². The maximum Gasteiger partial charge on any atom is 0.242 e. The number of hydrogen-bond acceptors (Lipinski definition) is 4. The molecule has 1 amide bonds. The normalized spacial score (nSPS) is 18.8. The number of nitrogens with zero attached hydrogens (tertiary/aromatic N) is 4. The summed E-state index contributed by atoms with van der Waals surface area (Å²) in [6.45, 7) is 6.58. The summed E-state index contributed by atoms with van der Waals surface area (Å²) in [4.78, 5) is 15.1. The predicted molar refractivity (Wildman–Crippen MR) is 94.9 cm³/mol. The molecular formula is C19H25N5O. The molecule has 1 aromatic heterocycles. The second kappa shape index (κ2) is 6.59. The molecule has 1 N–H and O–H groups in total. The van der Waals surface area contributed by atoms with Gasteiger partial charge >= 0.3 is 0 Å². The Morgan fingerprint density at radius 2 is 1.92 bits per heavy atom. The maximum atomic E-state index is 12.9. The van der Waals surface area contributed by atoms with Gasteiger partial charge in [-0.05, 0) is 18.4 Å². The summed E-state index contributed by atoms with van der Waals surface area (Å²) in [5.74, 6) is 2.45. The van der Waals surface area contributed by atoms with E-state index >= 15 is 0 Å². The molecule has 6 nitrogen and oxygen atoms in total. The number of carbonyl (C=O) groups is 1. The van der Waals surface area contributed by atoms with E-state index in [1.54, 1.807) is 0 Å². The number of benzene rings is 1. The zero-order valence-electron chi connectivity index (χ0n) is 14.9. The van der Waals surface area contributed by atoms with Crippen molar-refractivity contribution in [2.24, 2.45) is 0 Å². The standard InChI is InChI=1S/C19H25N5O/c1-13(2)18-22-21-16-12-23(10-11-24(16)18)17(14-6-4-3-5-7-14)19(25)20-15-8-9-15/h3-7,13,15,17H,8-12H2,1-2H3,(H,20,25). The van der Waals surface area contributed by atoms with Crippen LogP contribution in [0.15, 0.2) is 30.3 Å². The van der Waals surface area contributed by atoms with Crippen molar-refractivity contribution >= 4 is 5.91 Å². The van der Waals surface area contributed by atoms with Crippen LogP contribution in [0, 0.1) is 0 Å². The van der Waals surface area contributed by atoms with Gasteiger partial charge in [0.15, 0.2) is 0 Å². The molecule has 0 bridgehead atoms. The number of amides is 1. The molecule has 1 aliphatic carbocycles. The highest BCUT2D eigenvalue weighted by Gasteiger charge is 2.34. The van der Waals surface area contributed by atoms with E-state index in [9.17, 15) is 4.79 Å². The molecular weight excluding hydrogens is 314 g/mol. The quantitative estimate of drug-likeness (QED) is 0.907. The Bertz CT molecular complexity index is 750. The second-order valence-electron chi connectivity index (χ2n) is 7.35. The zero-order chi connectivity index (χ0) is 17.4. The number of fused-ring (bicyclic) bond motifs is 1. The monoisotopic (exact) mass is 339 g/mol. The van der Waals surface area contributed by atoms with Crippen molar-refractivity contribution in [1.82, 2.24) is 25.0 Å². The van der Waals surface area contributed by atoms with E-state index in [0.29, 0.717) is 18.5 Å². The fraction of sp³-hybridized carbons (Fsp3) is 0.526. The van der Waals surface area contributed by atoms with Crippen LogP contribution in [-0.2, 0) is 17.9 Å². The average molecular weight is 339 g/mol. The molecule has 1 fully saturated rings. The molecule has 0 radical (unpaired) electrons. The van der Waals surface area contributed by atoms with Gasteiger partial charge in [0, 0.05) is 25.0 Å². The van der Waals surface area contributed by atoms with Crippen LogP contribution in [0.5, 0.6) is 0 Å². The molecule has 1 aliphatic heterocycles. The van der Waals surface area contributed by atoms with Gasteiger partial charge in [-0.1, -0.05) is 44.2 Å². The van der Waals surface area contributed by atoms with E-state index in [1.807, 2.05) is 30.3 Å². The van der Waals surface area contributed by atoms with Gasteiger partial charge in [0.1, 0.15) is 17.7 Å². The molecule has 25 heavy (non-hydrogen) atoms. The van der Waals surface area contributed by atoms with Crippen LogP contribution in [0.25, 0.3) is 0 Å². The number of rotatable bonds is 5. The van der Waals surface area contributed by atoms with Gasteiger partial charge < -0.3 is 9.88 Å². The molecule has 1 saturated carbocycles. The Labute approximate surface area is 148 Å². The van der Waals surface area contributed by atoms with E-state index in [4.69, 9.17) is 0 Å². The third-order valence-electron chi connectivity index (χ3n) is 4.98. The van der Waals surface area contributed by atoms with Crippen LogP contribution in [0.4, 0.5) is 0 Å². The molecule has 4 rings (SSSR count). The smallest absolute Gasteiger partial charge is 0.242 e. The minimum atomic E-state index is -0.269. The molecule has 132 valence electrons. The lowest BCUT2D eigenvalue weighted by molar-refractivity contribution is -0.127. The van der Waals surface area contributed by atoms with Crippen molar-refractivity contribution in [1.29, 1.82) is 0 Å². The van der Waals surface area contributed by atoms with Crippen molar-refractivity contribution in [2.45, 2.75) is 57.8 Å². The lowest BCUT2D eigenvalue weighted by Crippen LogP contribution is -2.44. The first-order valence-electron chi connectivity index (χ1n) is 9.15. The highest BCUT2D eigenvalue weighted by Crippen LogP contribution is 2.28. The predicted octanol–water partition coefficient (Wildman–Crippen LogP) is 2.24. The summed E-state index contributed by atoms with van der Waals surface area (Å²) in [6, 6.07) is 10.1. The number of hydrogen-bond donors (Lipinski definition) is 1.